The highest BCUT2D eigenvalue weighted by Crippen LogP contribution is 2.62. The molecule has 0 aromatic heterocycles. The monoisotopic (exact) mass is 396 g/mol. The van der Waals surface area contributed by atoms with Gasteiger partial charge in [-0.25, -0.2) is 0 Å². The third kappa shape index (κ3) is 2.93. The van der Waals surface area contributed by atoms with E-state index in [9.17, 15) is 0 Å². The Hall–Kier alpha value is -1.28. The number of halogens is 1. The van der Waals surface area contributed by atoms with E-state index in [0.29, 0.717) is 12.0 Å². The van der Waals surface area contributed by atoms with Crippen LogP contribution in [0.15, 0.2) is 53.0 Å². The second-order valence-electron chi connectivity index (χ2n) is 8.61. The second kappa shape index (κ2) is 6.16. The van der Waals surface area contributed by atoms with Gasteiger partial charge in [-0.1, -0.05) is 52.3 Å². The van der Waals surface area contributed by atoms with Crippen LogP contribution in [-0.2, 0) is 12.0 Å². The molecule has 2 aromatic carbocycles. The van der Waals surface area contributed by atoms with Gasteiger partial charge in [-0.3, -0.25) is 0 Å². The van der Waals surface area contributed by atoms with Crippen LogP contribution in [-0.4, -0.2) is 0 Å². The molecule has 4 aliphatic rings. The van der Waals surface area contributed by atoms with Crippen molar-refractivity contribution in [2.75, 3.05) is 0 Å². The average molecular weight is 397 g/mol. The number of benzene rings is 2. The minimum Gasteiger partial charge on any atom is -0.489 e. The molecule has 2 aromatic rings. The highest BCUT2D eigenvalue weighted by atomic mass is 79.9. The van der Waals surface area contributed by atoms with Crippen molar-refractivity contribution in [3.8, 4) is 5.75 Å². The third-order valence-corrected chi connectivity index (χ3v) is 7.28. The predicted molar refractivity (Wildman–Crippen MR) is 105 cm³/mol. The van der Waals surface area contributed by atoms with Crippen LogP contribution in [0.25, 0.3) is 0 Å². The summed E-state index contributed by atoms with van der Waals surface area (Å²) in [6, 6.07) is 17.3. The van der Waals surface area contributed by atoms with Crippen molar-refractivity contribution >= 4 is 15.9 Å². The normalized spacial score (nSPS) is 32.8. The van der Waals surface area contributed by atoms with Gasteiger partial charge in [-0.2, -0.15) is 0 Å². The number of hydrogen-bond donors (Lipinski definition) is 0. The summed E-state index contributed by atoms with van der Waals surface area (Å²) in [5.41, 5.74) is 3.09. The first-order valence-corrected chi connectivity index (χ1v) is 10.5. The fraction of sp³-hybridized carbons (Fsp3) is 0.478. The maximum atomic E-state index is 6.36. The summed E-state index contributed by atoms with van der Waals surface area (Å²) < 4.78 is 7.48. The molecule has 130 valence electrons. The lowest BCUT2D eigenvalue weighted by molar-refractivity contribution is -0.00648. The fourth-order valence-electron chi connectivity index (χ4n) is 6.23. The highest BCUT2D eigenvalue weighted by Gasteiger charge is 2.52. The molecule has 4 aliphatic carbocycles. The van der Waals surface area contributed by atoms with Gasteiger partial charge in [0.05, 0.1) is 0 Å². The van der Waals surface area contributed by atoms with E-state index in [4.69, 9.17) is 4.74 Å². The van der Waals surface area contributed by atoms with Crippen molar-refractivity contribution in [2.45, 2.75) is 50.5 Å². The van der Waals surface area contributed by atoms with Crippen molar-refractivity contribution in [1.82, 2.24) is 0 Å². The standard InChI is InChI=1S/C23H25BrO/c24-20-6-7-21(22(11-20)25-15-16-4-2-1-3-5-16)23-12-17-8-18(13-23)10-19(9-17)14-23/h1-7,11,17-19H,8-10,12-15H2. The van der Waals surface area contributed by atoms with Gasteiger partial charge in [0.15, 0.2) is 0 Å². The van der Waals surface area contributed by atoms with Crippen LogP contribution in [0.5, 0.6) is 5.75 Å². The molecule has 0 saturated heterocycles. The van der Waals surface area contributed by atoms with Gasteiger partial charge in [0.2, 0.25) is 0 Å². The Labute approximate surface area is 158 Å². The van der Waals surface area contributed by atoms with Crippen molar-refractivity contribution in [3.63, 3.8) is 0 Å². The summed E-state index contributed by atoms with van der Waals surface area (Å²) in [7, 11) is 0. The van der Waals surface area contributed by atoms with Crippen LogP contribution in [0.3, 0.4) is 0 Å². The quantitative estimate of drug-likeness (QED) is 0.573. The predicted octanol–water partition coefficient (Wildman–Crippen LogP) is 6.50. The number of hydrogen-bond acceptors (Lipinski definition) is 1. The van der Waals surface area contributed by atoms with Crippen molar-refractivity contribution in [2.24, 2.45) is 17.8 Å². The van der Waals surface area contributed by atoms with E-state index in [1.54, 1.807) is 0 Å². The van der Waals surface area contributed by atoms with Gasteiger partial charge >= 0.3 is 0 Å². The Morgan fingerprint density at radius 3 is 2.16 bits per heavy atom. The largest absolute Gasteiger partial charge is 0.489 e. The second-order valence-corrected chi connectivity index (χ2v) is 9.53. The summed E-state index contributed by atoms with van der Waals surface area (Å²) in [6.45, 7) is 0.649. The highest BCUT2D eigenvalue weighted by molar-refractivity contribution is 9.10. The van der Waals surface area contributed by atoms with E-state index >= 15 is 0 Å². The van der Waals surface area contributed by atoms with E-state index in [1.807, 2.05) is 0 Å². The van der Waals surface area contributed by atoms with Crippen molar-refractivity contribution in [1.29, 1.82) is 0 Å². The van der Waals surface area contributed by atoms with Gasteiger partial charge in [-0.15, -0.1) is 0 Å². The molecule has 0 aliphatic heterocycles. The van der Waals surface area contributed by atoms with Crippen molar-refractivity contribution < 1.29 is 4.74 Å². The maximum absolute atomic E-state index is 6.36. The zero-order valence-electron chi connectivity index (χ0n) is 14.6. The molecular weight excluding hydrogens is 372 g/mol. The van der Waals surface area contributed by atoms with Gasteiger partial charge in [0.1, 0.15) is 12.4 Å². The molecule has 0 unspecified atom stereocenters. The van der Waals surface area contributed by atoms with Gasteiger partial charge in [0.25, 0.3) is 0 Å². The van der Waals surface area contributed by atoms with Crippen molar-refractivity contribution in [3.05, 3.63) is 64.1 Å². The molecule has 4 bridgehead atoms. The topological polar surface area (TPSA) is 9.23 Å². The van der Waals surface area contributed by atoms with Crippen LogP contribution >= 0.6 is 15.9 Å². The summed E-state index contributed by atoms with van der Waals surface area (Å²) in [5.74, 6) is 3.96. The molecule has 0 amide bonds. The summed E-state index contributed by atoms with van der Waals surface area (Å²) in [4.78, 5) is 0. The molecule has 0 heterocycles. The molecule has 0 N–H and O–H groups in total. The van der Waals surface area contributed by atoms with E-state index < -0.39 is 0 Å². The van der Waals surface area contributed by atoms with Crippen LogP contribution in [0.1, 0.15) is 49.7 Å². The molecule has 25 heavy (non-hydrogen) atoms. The van der Waals surface area contributed by atoms with E-state index in [2.05, 4.69) is 64.5 Å². The van der Waals surface area contributed by atoms with E-state index in [1.165, 1.54) is 49.7 Å². The average Bonchev–Trinajstić information content (AvgIpc) is 2.59. The molecule has 6 rings (SSSR count). The first-order chi connectivity index (χ1) is 12.2. The molecule has 4 fully saturated rings. The third-order valence-electron chi connectivity index (χ3n) is 6.79. The Morgan fingerprint density at radius 1 is 0.880 bits per heavy atom. The molecule has 0 radical (unpaired) electrons. The van der Waals surface area contributed by atoms with Crippen LogP contribution < -0.4 is 4.74 Å². The van der Waals surface area contributed by atoms with Crippen LogP contribution in [0.4, 0.5) is 0 Å². The molecule has 4 saturated carbocycles. The maximum Gasteiger partial charge on any atom is 0.124 e. The first kappa shape index (κ1) is 15.9. The lowest BCUT2D eigenvalue weighted by Crippen LogP contribution is -2.48. The van der Waals surface area contributed by atoms with E-state index in [0.717, 1.165) is 28.0 Å². The zero-order valence-corrected chi connectivity index (χ0v) is 16.2. The van der Waals surface area contributed by atoms with E-state index in [-0.39, 0.29) is 0 Å². The SMILES string of the molecule is Brc1ccc(C23CC4CC(CC(C4)C2)C3)c(OCc2ccccc2)c1. The molecule has 2 heteroatoms. The Morgan fingerprint density at radius 2 is 1.52 bits per heavy atom. The van der Waals surface area contributed by atoms with Crippen LogP contribution in [0.2, 0.25) is 0 Å². The fourth-order valence-corrected chi connectivity index (χ4v) is 6.57. The Bertz CT molecular complexity index is 732. The summed E-state index contributed by atoms with van der Waals surface area (Å²) >= 11 is 3.65. The zero-order chi connectivity index (χ0) is 16.9. The number of rotatable bonds is 4. The minimum absolute atomic E-state index is 0.376. The lowest BCUT2D eigenvalue weighted by atomic mass is 9.48. The van der Waals surface area contributed by atoms with Crippen LogP contribution in [0, 0.1) is 17.8 Å². The Kier molecular flexibility index (Phi) is 3.93. The summed E-state index contributed by atoms with van der Waals surface area (Å²) in [6.07, 6.45) is 8.58. The smallest absolute Gasteiger partial charge is 0.124 e. The molecular formula is C23H25BrO. The Balaban J connectivity index is 1.47. The summed E-state index contributed by atoms with van der Waals surface area (Å²) in [5, 5.41) is 0. The minimum atomic E-state index is 0.376. The lowest BCUT2D eigenvalue weighted by Gasteiger charge is -2.57. The van der Waals surface area contributed by atoms with Gasteiger partial charge in [0, 0.05) is 10.0 Å². The number of ether oxygens (including phenoxy) is 1. The van der Waals surface area contributed by atoms with Gasteiger partial charge in [-0.05, 0) is 79.4 Å². The molecule has 1 nitrogen and oxygen atoms in total. The van der Waals surface area contributed by atoms with Gasteiger partial charge < -0.3 is 4.74 Å². The molecule has 0 atom stereocenters. The molecule has 0 spiro atoms. The first-order valence-electron chi connectivity index (χ1n) is 9.67.